The lowest BCUT2D eigenvalue weighted by atomic mass is 10.1. The van der Waals surface area contributed by atoms with Gasteiger partial charge in [-0.3, -0.25) is 14.9 Å². The van der Waals surface area contributed by atoms with E-state index in [1.807, 2.05) is 0 Å². The Labute approximate surface area is 98.5 Å². The van der Waals surface area contributed by atoms with Crippen molar-refractivity contribution in [3.05, 3.63) is 40.0 Å². The molecule has 0 aliphatic heterocycles. The number of primary amides is 1. The quantitative estimate of drug-likeness (QED) is 0.481. The molecule has 90 valence electrons. The molecular weight excluding hydrogens is 222 g/mol. The third-order valence-corrected chi connectivity index (χ3v) is 2.15. The average Bonchev–Trinajstić information content (AvgIpc) is 2.25. The van der Waals surface area contributed by atoms with Gasteiger partial charge >= 0.3 is 0 Å². The lowest BCUT2D eigenvalue weighted by molar-refractivity contribution is -0.385. The largest absolute Gasteiger partial charge is 0.377 e. The van der Waals surface area contributed by atoms with E-state index in [0.29, 0.717) is 11.3 Å². The Balaban J connectivity index is 3.22. The Kier molecular flexibility index (Phi) is 3.82. The van der Waals surface area contributed by atoms with Gasteiger partial charge in [-0.2, -0.15) is 0 Å². The minimum absolute atomic E-state index is 0.0614. The van der Waals surface area contributed by atoms with Crippen LogP contribution >= 0.6 is 0 Å². The highest BCUT2D eigenvalue weighted by Gasteiger charge is 2.13. The third-order valence-electron chi connectivity index (χ3n) is 2.15. The molecule has 2 N–H and O–H groups in total. The van der Waals surface area contributed by atoms with Crippen molar-refractivity contribution in [3.8, 4) is 0 Å². The van der Waals surface area contributed by atoms with Crippen molar-refractivity contribution in [1.29, 1.82) is 0 Å². The number of nitrogens with zero attached hydrogens (tertiary/aromatic N) is 2. The SMILES string of the molecule is CN(C)c1ccc(/C=C/C(N)=O)c([N+](=O)[O-])c1. The number of hydrogen-bond acceptors (Lipinski definition) is 4. The number of nitro benzene ring substituents is 1. The number of amides is 1. The summed E-state index contributed by atoms with van der Waals surface area (Å²) in [6.45, 7) is 0. The molecular formula is C11H13N3O3. The highest BCUT2D eigenvalue weighted by molar-refractivity contribution is 5.91. The standard InChI is InChI=1S/C11H13N3O3/c1-13(2)9-5-3-8(4-6-11(12)15)10(7-9)14(16)17/h3-7H,1-2H3,(H2,12,15)/b6-4+. The van der Waals surface area contributed by atoms with Crippen molar-refractivity contribution in [2.24, 2.45) is 5.73 Å². The van der Waals surface area contributed by atoms with Crippen LogP contribution in [0.25, 0.3) is 6.08 Å². The maximum Gasteiger partial charge on any atom is 0.278 e. The van der Waals surface area contributed by atoms with Gasteiger partial charge in [-0.1, -0.05) is 0 Å². The lowest BCUT2D eigenvalue weighted by Gasteiger charge is -2.12. The predicted molar refractivity (Wildman–Crippen MR) is 65.7 cm³/mol. The van der Waals surface area contributed by atoms with Crippen LogP contribution in [-0.2, 0) is 4.79 Å². The van der Waals surface area contributed by atoms with E-state index in [0.717, 1.165) is 6.08 Å². The van der Waals surface area contributed by atoms with Crippen molar-refractivity contribution in [1.82, 2.24) is 0 Å². The van der Waals surface area contributed by atoms with E-state index in [4.69, 9.17) is 5.73 Å². The summed E-state index contributed by atoms with van der Waals surface area (Å²) in [5, 5.41) is 10.9. The summed E-state index contributed by atoms with van der Waals surface area (Å²) in [4.78, 5) is 22.7. The van der Waals surface area contributed by atoms with Gasteiger partial charge in [0.05, 0.1) is 10.5 Å². The van der Waals surface area contributed by atoms with Gasteiger partial charge in [-0.05, 0) is 18.2 Å². The van der Waals surface area contributed by atoms with Gasteiger partial charge in [0.25, 0.3) is 5.69 Å². The highest BCUT2D eigenvalue weighted by atomic mass is 16.6. The molecule has 0 spiro atoms. The third kappa shape index (κ3) is 3.30. The zero-order valence-corrected chi connectivity index (χ0v) is 9.58. The Hall–Kier alpha value is -2.37. The number of anilines is 1. The molecule has 1 aromatic carbocycles. The molecule has 0 aromatic heterocycles. The second kappa shape index (κ2) is 5.11. The summed E-state index contributed by atoms with van der Waals surface area (Å²) in [5.74, 6) is -0.643. The van der Waals surface area contributed by atoms with Gasteiger partial charge in [0.15, 0.2) is 0 Å². The van der Waals surface area contributed by atoms with Crippen molar-refractivity contribution < 1.29 is 9.72 Å². The zero-order chi connectivity index (χ0) is 13.0. The predicted octanol–water partition coefficient (Wildman–Crippen LogP) is 1.16. The molecule has 6 nitrogen and oxygen atoms in total. The molecule has 0 heterocycles. The Morgan fingerprint density at radius 3 is 2.59 bits per heavy atom. The van der Waals surface area contributed by atoms with Gasteiger partial charge in [-0.25, -0.2) is 0 Å². The maximum absolute atomic E-state index is 10.9. The number of nitro groups is 1. The number of rotatable bonds is 4. The molecule has 0 bridgehead atoms. The molecule has 0 unspecified atom stereocenters. The van der Waals surface area contributed by atoms with Crippen LogP contribution in [0.5, 0.6) is 0 Å². The van der Waals surface area contributed by atoms with Gasteiger partial charge in [0, 0.05) is 31.9 Å². The number of hydrogen-bond donors (Lipinski definition) is 1. The van der Waals surface area contributed by atoms with Crippen LogP contribution in [0.4, 0.5) is 11.4 Å². The van der Waals surface area contributed by atoms with Gasteiger partial charge in [0.2, 0.25) is 5.91 Å². The first-order valence-electron chi connectivity index (χ1n) is 4.85. The molecule has 6 heteroatoms. The van der Waals surface area contributed by atoms with Crippen molar-refractivity contribution in [3.63, 3.8) is 0 Å². The maximum atomic E-state index is 10.9. The summed E-state index contributed by atoms with van der Waals surface area (Å²) in [6, 6.07) is 4.75. The molecule has 0 saturated heterocycles. The monoisotopic (exact) mass is 235 g/mol. The van der Waals surface area contributed by atoms with E-state index in [9.17, 15) is 14.9 Å². The fraction of sp³-hybridized carbons (Fsp3) is 0.182. The van der Waals surface area contributed by atoms with Gasteiger partial charge < -0.3 is 10.6 Å². The van der Waals surface area contributed by atoms with Crippen LogP contribution in [0, 0.1) is 10.1 Å². The van der Waals surface area contributed by atoms with Gasteiger partial charge in [0.1, 0.15) is 0 Å². The highest BCUT2D eigenvalue weighted by Crippen LogP contribution is 2.25. The van der Waals surface area contributed by atoms with E-state index in [1.54, 1.807) is 31.1 Å². The fourth-order valence-corrected chi connectivity index (χ4v) is 1.28. The number of carbonyl (C=O) groups excluding carboxylic acids is 1. The smallest absolute Gasteiger partial charge is 0.278 e. The first-order chi connectivity index (χ1) is 7.91. The first-order valence-corrected chi connectivity index (χ1v) is 4.85. The van der Waals surface area contributed by atoms with E-state index in [2.05, 4.69) is 0 Å². The summed E-state index contributed by atoms with van der Waals surface area (Å²) in [7, 11) is 3.58. The van der Waals surface area contributed by atoms with Crippen LogP contribution in [-0.4, -0.2) is 24.9 Å². The fourth-order valence-electron chi connectivity index (χ4n) is 1.28. The average molecular weight is 235 g/mol. The van der Waals surface area contributed by atoms with Gasteiger partial charge in [-0.15, -0.1) is 0 Å². The Morgan fingerprint density at radius 2 is 2.12 bits per heavy atom. The van der Waals surface area contributed by atoms with Crippen molar-refractivity contribution in [2.45, 2.75) is 0 Å². The molecule has 0 aliphatic carbocycles. The summed E-state index contributed by atoms with van der Waals surface area (Å²) >= 11 is 0. The van der Waals surface area contributed by atoms with E-state index in [-0.39, 0.29) is 5.69 Å². The number of carbonyl (C=O) groups is 1. The molecule has 0 saturated carbocycles. The molecule has 0 fully saturated rings. The van der Waals surface area contributed by atoms with Crippen LogP contribution < -0.4 is 10.6 Å². The summed E-state index contributed by atoms with van der Waals surface area (Å²) < 4.78 is 0. The second-order valence-electron chi connectivity index (χ2n) is 3.63. The molecule has 0 atom stereocenters. The molecule has 1 rings (SSSR count). The summed E-state index contributed by atoms with van der Waals surface area (Å²) in [6.07, 6.45) is 2.43. The normalized spacial score (nSPS) is 10.5. The van der Waals surface area contributed by atoms with Crippen molar-refractivity contribution >= 4 is 23.4 Å². The second-order valence-corrected chi connectivity index (χ2v) is 3.63. The minimum atomic E-state index is -0.643. The van der Waals surface area contributed by atoms with E-state index < -0.39 is 10.8 Å². The molecule has 1 amide bonds. The van der Waals surface area contributed by atoms with E-state index in [1.165, 1.54) is 12.1 Å². The molecule has 0 radical (unpaired) electrons. The molecule has 0 aliphatic rings. The van der Waals surface area contributed by atoms with Crippen LogP contribution in [0.2, 0.25) is 0 Å². The topological polar surface area (TPSA) is 89.5 Å². The van der Waals surface area contributed by atoms with E-state index >= 15 is 0 Å². The Morgan fingerprint density at radius 1 is 1.47 bits per heavy atom. The van der Waals surface area contributed by atoms with Crippen LogP contribution in [0.3, 0.4) is 0 Å². The van der Waals surface area contributed by atoms with Crippen LogP contribution in [0.15, 0.2) is 24.3 Å². The number of nitrogens with two attached hydrogens (primary N) is 1. The first kappa shape index (κ1) is 12.7. The van der Waals surface area contributed by atoms with Crippen molar-refractivity contribution in [2.75, 3.05) is 19.0 Å². The lowest BCUT2D eigenvalue weighted by Crippen LogP contribution is -2.09. The van der Waals surface area contributed by atoms with Crippen LogP contribution in [0.1, 0.15) is 5.56 Å². The molecule has 17 heavy (non-hydrogen) atoms. The molecule has 1 aromatic rings. The summed E-state index contributed by atoms with van der Waals surface area (Å²) in [5.41, 5.74) is 5.94. The Bertz CT molecular complexity index is 481. The zero-order valence-electron chi connectivity index (χ0n) is 9.58. The minimum Gasteiger partial charge on any atom is -0.377 e. The number of benzene rings is 1.